The fraction of sp³-hybridized carbons (Fsp3) is 0.538. The number of nitrogens with one attached hydrogen (secondary N) is 1. The molecule has 0 bridgehead atoms. The number of hydrogen-bond acceptors (Lipinski definition) is 2. The minimum Gasteiger partial charge on any atom is -0.312 e. The topological polar surface area (TPSA) is 12.0 Å². The van der Waals surface area contributed by atoms with Crippen molar-refractivity contribution in [3.05, 3.63) is 35.6 Å². The van der Waals surface area contributed by atoms with Crippen molar-refractivity contribution in [2.24, 2.45) is 0 Å². The fourth-order valence-corrected chi connectivity index (χ4v) is 2.15. The average molecular weight is 241 g/mol. The molecule has 1 nitrogen and oxygen atoms in total. The highest BCUT2D eigenvalue weighted by Gasteiger charge is 2.09. The van der Waals surface area contributed by atoms with Gasteiger partial charge in [-0.25, -0.2) is 4.39 Å². The maximum absolute atomic E-state index is 13.2. The first-order chi connectivity index (χ1) is 7.49. The molecule has 3 heteroatoms. The average Bonchev–Trinajstić information content (AvgIpc) is 2.18. The van der Waals surface area contributed by atoms with Crippen LogP contribution in [0.3, 0.4) is 0 Å². The number of hydrogen-bond donors (Lipinski definition) is 1. The van der Waals surface area contributed by atoms with Crippen molar-refractivity contribution in [2.75, 3.05) is 12.3 Å². The van der Waals surface area contributed by atoms with E-state index in [4.69, 9.17) is 0 Å². The summed E-state index contributed by atoms with van der Waals surface area (Å²) in [6, 6.07) is 6.90. The highest BCUT2D eigenvalue weighted by Crippen LogP contribution is 2.22. The first-order valence-electron chi connectivity index (χ1n) is 5.57. The van der Waals surface area contributed by atoms with Crippen molar-refractivity contribution < 1.29 is 4.39 Å². The van der Waals surface area contributed by atoms with Gasteiger partial charge in [0.2, 0.25) is 0 Å². The Balaban J connectivity index is 2.19. The second-order valence-corrected chi connectivity index (χ2v) is 6.65. The zero-order valence-corrected chi connectivity index (χ0v) is 11.0. The maximum atomic E-state index is 13.2. The third-order valence-electron chi connectivity index (χ3n) is 2.09. The van der Waals surface area contributed by atoms with E-state index in [2.05, 4.69) is 26.1 Å². The molecule has 0 aliphatic heterocycles. The lowest BCUT2D eigenvalue weighted by Gasteiger charge is -2.17. The van der Waals surface area contributed by atoms with Crippen LogP contribution in [-0.2, 0) is 6.54 Å². The second-order valence-electron chi connectivity index (χ2n) is 4.73. The van der Waals surface area contributed by atoms with E-state index in [1.807, 2.05) is 23.9 Å². The standard InChI is InChI=1S/C13H20FNS/c1-13(2,3)16-9-8-15-10-11-6-4-5-7-12(11)14/h4-7,15H,8-10H2,1-3H3. The predicted molar refractivity (Wildman–Crippen MR) is 70.3 cm³/mol. The van der Waals surface area contributed by atoms with Gasteiger partial charge in [-0.2, -0.15) is 11.8 Å². The predicted octanol–water partition coefficient (Wildman–Crippen LogP) is 3.45. The van der Waals surface area contributed by atoms with Gasteiger partial charge in [0, 0.05) is 29.2 Å². The van der Waals surface area contributed by atoms with Gasteiger partial charge in [0.15, 0.2) is 0 Å². The Morgan fingerprint density at radius 3 is 2.56 bits per heavy atom. The molecule has 0 aromatic heterocycles. The summed E-state index contributed by atoms with van der Waals surface area (Å²) in [7, 11) is 0. The number of rotatable bonds is 5. The number of thioether (sulfide) groups is 1. The van der Waals surface area contributed by atoms with E-state index in [1.165, 1.54) is 6.07 Å². The van der Waals surface area contributed by atoms with Gasteiger partial charge in [0.25, 0.3) is 0 Å². The third kappa shape index (κ3) is 5.52. The summed E-state index contributed by atoms with van der Waals surface area (Å²) in [5.74, 6) is 0.927. The Morgan fingerprint density at radius 1 is 1.25 bits per heavy atom. The van der Waals surface area contributed by atoms with Crippen LogP contribution in [0.4, 0.5) is 4.39 Å². The minimum absolute atomic E-state index is 0.126. The maximum Gasteiger partial charge on any atom is 0.127 e. The lowest BCUT2D eigenvalue weighted by Crippen LogP contribution is -2.20. The second kappa shape index (κ2) is 6.26. The monoisotopic (exact) mass is 241 g/mol. The van der Waals surface area contributed by atoms with Gasteiger partial charge in [-0.15, -0.1) is 0 Å². The molecule has 0 amide bonds. The molecule has 0 radical (unpaired) electrons. The Hall–Kier alpha value is -0.540. The number of halogens is 1. The molecule has 90 valence electrons. The summed E-state index contributed by atoms with van der Waals surface area (Å²) in [5.41, 5.74) is 0.739. The Morgan fingerprint density at radius 2 is 1.94 bits per heavy atom. The first kappa shape index (κ1) is 13.5. The van der Waals surface area contributed by atoms with Crippen molar-refractivity contribution in [3.8, 4) is 0 Å². The molecule has 0 saturated heterocycles. The molecule has 0 fully saturated rings. The Bertz CT molecular complexity index is 320. The molecule has 0 saturated carbocycles. The zero-order valence-electron chi connectivity index (χ0n) is 10.2. The van der Waals surface area contributed by atoms with E-state index in [9.17, 15) is 4.39 Å². The van der Waals surface area contributed by atoms with Gasteiger partial charge < -0.3 is 5.32 Å². The summed E-state index contributed by atoms with van der Waals surface area (Å²) in [4.78, 5) is 0. The molecule has 1 N–H and O–H groups in total. The summed E-state index contributed by atoms with van der Waals surface area (Å²) in [6.07, 6.45) is 0. The summed E-state index contributed by atoms with van der Waals surface area (Å²) in [6.45, 7) is 8.13. The SMILES string of the molecule is CC(C)(C)SCCNCc1ccccc1F. The van der Waals surface area contributed by atoms with Gasteiger partial charge in [-0.05, 0) is 6.07 Å². The lowest BCUT2D eigenvalue weighted by molar-refractivity contribution is 0.594. The highest BCUT2D eigenvalue weighted by atomic mass is 32.2. The van der Waals surface area contributed by atoms with Gasteiger partial charge in [-0.3, -0.25) is 0 Å². The Kier molecular flexibility index (Phi) is 5.29. The van der Waals surface area contributed by atoms with Crippen LogP contribution in [0.2, 0.25) is 0 Å². The molecule has 1 aromatic rings. The molecular weight excluding hydrogens is 221 g/mol. The van der Waals surface area contributed by atoms with Crippen molar-refractivity contribution in [2.45, 2.75) is 32.1 Å². The zero-order chi connectivity index (χ0) is 12.0. The van der Waals surface area contributed by atoms with E-state index in [0.29, 0.717) is 11.3 Å². The Labute approximate surface area is 102 Å². The molecule has 16 heavy (non-hydrogen) atoms. The van der Waals surface area contributed by atoms with Crippen molar-refractivity contribution >= 4 is 11.8 Å². The van der Waals surface area contributed by atoms with Gasteiger partial charge in [0.1, 0.15) is 5.82 Å². The number of benzene rings is 1. The van der Waals surface area contributed by atoms with Gasteiger partial charge in [0.05, 0.1) is 0 Å². The van der Waals surface area contributed by atoms with Crippen LogP contribution in [-0.4, -0.2) is 17.0 Å². The van der Waals surface area contributed by atoms with E-state index >= 15 is 0 Å². The van der Waals surface area contributed by atoms with Gasteiger partial charge >= 0.3 is 0 Å². The molecule has 0 aliphatic rings. The van der Waals surface area contributed by atoms with Crippen LogP contribution in [0.15, 0.2) is 24.3 Å². The third-order valence-corrected chi connectivity index (χ3v) is 3.36. The molecule has 0 heterocycles. The molecule has 0 aliphatic carbocycles. The van der Waals surface area contributed by atoms with E-state index in [1.54, 1.807) is 6.07 Å². The molecule has 0 unspecified atom stereocenters. The first-order valence-corrected chi connectivity index (χ1v) is 6.56. The van der Waals surface area contributed by atoms with Crippen molar-refractivity contribution in [3.63, 3.8) is 0 Å². The van der Waals surface area contributed by atoms with Crippen LogP contribution >= 0.6 is 11.8 Å². The van der Waals surface area contributed by atoms with E-state index < -0.39 is 0 Å². The van der Waals surface area contributed by atoms with Crippen molar-refractivity contribution in [1.82, 2.24) is 5.32 Å². The largest absolute Gasteiger partial charge is 0.312 e. The lowest BCUT2D eigenvalue weighted by atomic mass is 10.2. The van der Waals surface area contributed by atoms with Crippen LogP contribution in [0.5, 0.6) is 0 Å². The molecule has 0 atom stereocenters. The van der Waals surface area contributed by atoms with Gasteiger partial charge in [-0.1, -0.05) is 39.0 Å². The summed E-state index contributed by atoms with van der Waals surface area (Å²) in [5, 5.41) is 3.25. The normalized spacial score (nSPS) is 11.8. The highest BCUT2D eigenvalue weighted by molar-refractivity contribution is 8.00. The van der Waals surface area contributed by atoms with E-state index in [0.717, 1.165) is 17.9 Å². The smallest absolute Gasteiger partial charge is 0.127 e. The van der Waals surface area contributed by atoms with Crippen LogP contribution in [0.25, 0.3) is 0 Å². The fourth-order valence-electron chi connectivity index (χ4n) is 1.29. The molecular formula is C13H20FNS. The van der Waals surface area contributed by atoms with Crippen LogP contribution < -0.4 is 5.32 Å². The molecule has 1 aromatic carbocycles. The summed E-state index contributed by atoms with van der Waals surface area (Å²) >= 11 is 1.92. The van der Waals surface area contributed by atoms with E-state index in [-0.39, 0.29) is 5.82 Å². The molecule has 0 spiro atoms. The van der Waals surface area contributed by atoms with Crippen LogP contribution in [0.1, 0.15) is 26.3 Å². The summed E-state index contributed by atoms with van der Waals surface area (Å²) < 4.78 is 13.5. The van der Waals surface area contributed by atoms with Crippen molar-refractivity contribution in [1.29, 1.82) is 0 Å². The quantitative estimate of drug-likeness (QED) is 0.792. The van der Waals surface area contributed by atoms with Crippen LogP contribution in [0, 0.1) is 5.82 Å². The minimum atomic E-state index is -0.126. The molecule has 1 rings (SSSR count).